The molecule has 0 aliphatic heterocycles. The van der Waals surface area contributed by atoms with E-state index in [1.165, 1.54) is 0 Å². The van der Waals surface area contributed by atoms with Gasteiger partial charge in [0.1, 0.15) is 0 Å². The number of hydrogen-bond donors (Lipinski definition) is 0. The van der Waals surface area contributed by atoms with Crippen LogP contribution in [0.4, 0.5) is 0 Å². The molecule has 0 aromatic carbocycles. The van der Waals surface area contributed by atoms with E-state index in [2.05, 4.69) is 24.2 Å². The van der Waals surface area contributed by atoms with E-state index in [9.17, 15) is 4.79 Å². The van der Waals surface area contributed by atoms with Gasteiger partial charge in [0.05, 0.1) is 18.3 Å². The minimum Gasteiger partial charge on any atom is -0.461 e. The van der Waals surface area contributed by atoms with E-state index < -0.39 is 5.97 Å². The van der Waals surface area contributed by atoms with Gasteiger partial charge in [-0.1, -0.05) is 19.1 Å². The van der Waals surface area contributed by atoms with Crippen LogP contribution in [0, 0.1) is 5.92 Å². The Morgan fingerprint density at radius 1 is 1.35 bits per heavy atom. The minimum absolute atomic E-state index is 0.138. The van der Waals surface area contributed by atoms with Gasteiger partial charge in [-0.25, -0.2) is 9.48 Å². The third kappa shape index (κ3) is 4.30. The van der Waals surface area contributed by atoms with E-state index in [1.54, 1.807) is 14.0 Å². The highest BCUT2D eigenvalue weighted by Gasteiger charge is 2.23. The number of hydrogen-bond acceptors (Lipinski definition) is 5. The van der Waals surface area contributed by atoms with Crippen molar-refractivity contribution in [3.8, 4) is 0 Å². The van der Waals surface area contributed by atoms with E-state index in [-0.39, 0.29) is 6.04 Å². The Labute approximate surface area is 120 Å². The highest BCUT2D eigenvalue weighted by atomic mass is 16.5. The Bertz CT molecular complexity index is 429. The third-order valence-electron chi connectivity index (χ3n) is 3.02. The molecule has 114 valence electrons. The van der Waals surface area contributed by atoms with E-state index in [4.69, 9.17) is 9.47 Å². The number of carbonyl (C=O) groups excluding carboxylic acids is 1. The second-order valence-corrected chi connectivity index (χ2v) is 5.28. The summed E-state index contributed by atoms with van der Waals surface area (Å²) in [5.41, 5.74) is 1.19. The van der Waals surface area contributed by atoms with Crippen LogP contribution in [0.3, 0.4) is 0 Å². The normalized spacial score (nSPS) is 12.7. The molecule has 1 rings (SSSR count). The van der Waals surface area contributed by atoms with Crippen molar-refractivity contribution < 1.29 is 14.3 Å². The van der Waals surface area contributed by atoms with Gasteiger partial charge >= 0.3 is 5.97 Å². The van der Waals surface area contributed by atoms with Gasteiger partial charge in [-0.05, 0) is 32.6 Å². The number of aromatic nitrogens is 3. The van der Waals surface area contributed by atoms with Gasteiger partial charge in [0, 0.05) is 13.7 Å². The summed E-state index contributed by atoms with van der Waals surface area (Å²) in [6, 6.07) is 0.138. The van der Waals surface area contributed by atoms with Crippen molar-refractivity contribution in [3.63, 3.8) is 0 Å². The molecule has 0 aliphatic carbocycles. The Hall–Kier alpha value is -1.43. The predicted octanol–water partition coefficient (Wildman–Crippen LogP) is 2.25. The lowest BCUT2D eigenvalue weighted by molar-refractivity contribution is 0.0517. The van der Waals surface area contributed by atoms with Gasteiger partial charge in [-0.2, -0.15) is 0 Å². The zero-order valence-electron chi connectivity index (χ0n) is 13.0. The lowest BCUT2D eigenvalue weighted by atomic mass is 10.1. The van der Waals surface area contributed by atoms with E-state index in [1.807, 2.05) is 11.6 Å². The molecule has 0 radical (unpaired) electrons. The maximum atomic E-state index is 11.9. The molecule has 0 fully saturated rings. The summed E-state index contributed by atoms with van der Waals surface area (Å²) in [5, 5.41) is 8.15. The van der Waals surface area contributed by atoms with Crippen LogP contribution in [0.2, 0.25) is 0 Å². The molecule has 0 amide bonds. The van der Waals surface area contributed by atoms with Crippen molar-refractivity contribution >= 4 is 5.97 Å². The molecule has 0 saturated carbocycles. The summed E-state index contributed by atoms with van der Waals surface area (Å²) < 4.78 is 12.0. The number of methoxy groups -OCH3 is 1. The monoisotopic (exact) mass is 283 g/mol. The summed E-state index contributed by atoms with van der Waals surface area (Å²) in [5.74, 6) is 0.0170. The van der Waals surface area contributed by atoms with Gasteiger partial charge < -0.3 is 9.47 Å². The molecule has 6 nitrogen and oxygen atoms in total. The van der Waals surface area contributed by atoms with Crippen LogP contribution < -0.4 is 0 Å². The molecule has 0 aliphatic rings. The second-order valence-electron chi connectivity index (χ2n) is 5.28. The summed E-state index contributed by atoms with van der Waals surface area (Å²) in [4.78, 5) is 11.9. The third-order valence-corrected chi connectivity index (χ3v) is 3.02. The fraction of sp³-hybridized carbons (Fsp3) is 0.786. The lowest BCUT2D eigenvalue weighted by Gasteiger charge is -2.15. The van der Waals surface area contributed by atoms with Gasteiger partial charge in [0.25, 0.3) is 0 Å². The number of carbonyl (C=O) groups is 1. The molecule has 1 unspecified atom stereocenters. The van der Waals surface area contributed by atoms with E-state index >= 15 is 0 Å². The van der Waals surface area contributed by atoms with Crippen LogP contribution >= 0.6 is 0 Å². The topological polar surface area (TPSA) is 66.2 Å². The molecular weight excluding hydrogens is 258 g/mol. The zero-order valence-corrected chi connectivity index (χ0v) is 13.0. The predicted molar refractivity (Wildman–Crippen MR) is 75.7 cm³/mol. The highest BCUT2D eigenvalue weighted by Crippen LogP contribution is 2.19. The molecule has 1 aromatic heterocycles. The van der Waals surface area contributed by atoms with Crippen LogP contribution in [0.25, 0.3) is 0 Å². The minimum atomic E-state index is -0.395. The fourth-order valence-corrected chi connectivity index (χ4v) is 2.01. The molecule has 6 heteroatoms. The highest BCUT2D eigenvalue weighted by molar-refractivity contribution is 5.88. The number of ether oxygens (including phenoxy) is 2. The number of rotatable bonds is 8. The van der Waals surface area contributed by atoms with Crippen LogP contribution in [0.15, 0.2) is 0 Å². The molecule has 0 saturated heterocycles. The van der Waals surface area contributed by atoms with Crippen molar-refractivity contribution in [3.05, 3.63) is 11.4 Å². The van der Waals surface area contributed by atoms with Crippen LogP contribution in [0.1, 0.15) is 56.3 Å². The smallest absolute Gasteiger partial charge is 0.360 e. The molecular formula is C14H25N3O3. The largest absolute Gasteiger partial charge is 0.461 e. The Kier molecular flexibility index (Phi) is 6.64. The van der Waals surface area contributed by atoms with Crippen LogP contribution in [-0.2, 0) is 15.9 Å². The number of esters is 1. The fourth-order valence-electron chi connectivity index (χ4n) is 2.01. The summed E-state index contributed by atoms with van der Waals surface area (Å²) in [7, 11) is 1.67. The van der Waals surface area contributed by atoms with Crippen molar-refractivity contribution in [2.24, 2.45) is 5.92 Å². The maximum Gasteiger partial charge on any atom is 0.360 e. The summed E-state index contributed by atoms with van der Waals surface area (Å²) in [6.45, 7) is 9.03. The van der Waals surface area contributed by atoms with E-state index in [0.29, 0.717) is 24.8 Å². The maximum absolute atomic E-state index is 11.9. The average Bonchev–Trinajstić information content (AvgIpc) is 2.79. The van der Waals surface area contributed by atoms with Crippen molar-refractivity contribution in [2.75, 3.05) is 20.3 Å². The second kappa shape index (κ2) is 7.99. The van der Waals surface area contributed by atoms with Crippen molar-refractivity contribution in [2.45, 2.75) is 46.6 Å². The zero-order chi connectivity index (χ0) is 15.1. The van der Waals surface area contributed by atoms with Gasteiger partial charge in [-0.15, -0.1) is 5.10 Å². The number of nitrogens with zero attached hydrogens (tertiary/aromatic N) is 3. The van der Waals surface area contributed by atoms with Gasteiger partial charge in [-0.3, -0.25) is 0 Å². The van der Waals surface area contributed by atoms with Crippen molar-refractivity contribution in [1.82, 2.24) is 15.0 Å². The summed E-state index contributed by atoms with van der Waals surface area (Å²) >= 11 is 0. The molecule has 0 spiro atoms. The van der Waals surface area contributed by atoms with E-state index in [0.717, 1.165) is 18.5 Å². The first-order valence-corrected chi connectivity index (χ1v) is 7.11. The molecule has 0 N–H and O–H groups in total. The first kappa shape index (κ1) is 16.6. The molecule has 20 heavy (non-hydrogen) atoms. The van der Waals surface area contributed by atoms with Crippen LogP contribution in [-0.4, -0.2) is 41.3 Å². The standard InChI is InChI=1S/C14H25N3O3/c1-6-20-14(18)13-12(9-10(2)3)17(16-15-13)11(4)7-8-19-5/h10-11H,6-9H2,1-5H3. The first-order valence-electron chi connectivity index (χ1n) is 7.11. The quantitative estimate of drug-likeness (QED) is 0.685. The van der Waals surface area contributed by atoms with Crippen molar-refractivity contribution in [1.29, 1.82) is 0 Å². The van der Waals surface area contributed by atoms with Gasteiger partial charge in [0.15, 0.2) is 5.69 Å². The first-order chi connectivity index (χ1) is 9.51. The molecule has 1 aromatic rings. The van der Waals surface area contributed by atoms with Crippen LogP contribution in [0.5, 0.6) is 0 Å². The molecule has 0 bridgehead atoms. The molecule has 1 heterocycles. The Balaban J connectivity index is 3.01. The SMILES string of the molecule is CCOC(=O)c1nnn(C(C)CCOC)c1CC(C)C. The Morgan fingerprint density at radius 3 is 2.60 bits per heavy atom. The average molecular weight is 283 g/mol. The Morgan fingerprint density at radius 2 is 2.05 bits per heavy atom. The molecule has 1 atom stereocenters. The lowest BCUT2D eigenvalue weighted by Crippen LogP contribution is -2.16. The van der Waals surface area contributed by atoms with Gasteiger partial charge in [0.2, 0.25) is 0 Å². The summed E-state index contributed by atoms with van der Waals surface area (Å²) in [6.07, 6.45) is 1.58.